The normalized spacial score (nSPS) is 13.9. The Kier molecular flexibility index (Phi) is 7.03. The third-order valence-corrected chi connectivity index (χ3v) is 3.31. The monoisotopic (exact) mass is 324 g/mol. The molecule has 1 rings (SSSR count). The van der Waals surface area contributed by atoms with Gasteiger partial charge in [-0.25, -0.2) is 0 Å². The minimum atomic E-state index is -1.25. The number of hydrogen-bond acceptors (Lipinski definition) is 7. The van der Waals surface area contributed by atoms with E-state index >= 15 is 0 Å². The Hall–Kier alpha value is -2.59. The maximum absolute atomic E-state index is 11.5. The molecule has 4 N–H and O–H groups in total. The molecule has 0 amide bonds. The molecule has 23 heavy (non-hydrogen) atoms. The van der Waals surface area contributed by atoms with Crippen LogP contribution in [0.15, 0.2) is 35.3 Å². The summed E-state index contributed by atoms with van der Waals surface area (Å²) in [6, 6.07) is 6.34. The molecule has 0 aliphatic heterocycles. The average molecular weight is 324 g/mol. The van der Waals surface area contributed by atoms with Crippen LogP contribution in [0.4, 0.5) is 0 Å². The Morgan fingerprint density at radius 1 is 1.26 bits per heavy atom. The number of benzene rings is 1. The minimum absolute atomic E-state index is 0.0210. The van der Waals surface area contributed by atoms with Gasteiger partial charge in [0, 0.05) is 23.3 Å². The smallest absolute Gasteiger partial charge is 0.243 e. The molecule has 0 heterocycles. The standard InChI is InChI=1S/C13H20N6O4/c1-16-9-17(13(14)15)12(8-18(20)21)11(19(22)23)7-10-5-3-2-4-6-10/h2-6,9,11-13H,7-8,14-15H2,1H3. The van der Waals surface area contributed by atoms with Crippen molar-refractivity contribution < 1.29 is 9.85 Å². The minimum Gasteiger partial charge on any atom is -0.319 e. The van der Waals surface area contributed by atoms with E-state index in [4.69, 9.17) is 11.5 Å². The van der Waals surface area contributed by atoms with Crippen LogP contribution in [0.5, 0.6) is 0 Å². The molecule has 126 valence electrons. The second-order valence-corrected chi connectivity index (χ2v) is 4.94. The average Bonchev–Trinajstić information content (AvgIpc) is 2.48. The summed E-state index contributed by atoms with van der Waals surface area (Å²) in [6.07, 6.45) is 0.0786. The lowest BCUT2D eigenvalue weighted by Crippen LogP contribution is -2.60. The van der Waals surface area contributed by atoms with Crippen molar-refractivity contribution in [1.82, 2.24) is 4.90 Å². The van der Waals surface area contributed by atoms with E-state index in [1.807, 2.05) is 0 Å². The summed E-state index contributed by atoms with van der Waals surface area (Å²) in [5.41, 5.74) is 11.9. The molecule has 10 nitrogen and oxygen atoms in total. The van der Waals surface area contributed by atoms with Crippen molar-refractivity contribution in [2.75, 3.05) is 13.6 Å². The van der Waals surface area contributed by atoms with E-state index in [9.17, 15) is 20.2 Å². The van der Waals surface area contributed by atoms with Crippen LogP contribution in [-0.2, 0) is 6.42 Å². The molecule has 10 heteroatoms. The van der Waals surface area contributed by atoms with E-state index < -0.39 is 34.8 Å². The molecule has 0 aliphatic rings. The number of aliphatic imine (C=N–C) groups is 1. The summed E-state index contributed by atoms with van der Waals surface area (Å²) < 4.78 is 0. The van der Waals surface area contributed by atoms with Crippen LogP contribution in [0, 0.1) is 20.2 Å². The first kappa shape index (κ1) is 18.5. The lowest BCUT2D eigenvalue weighted by molar-refractivity contribution is -0.550. The summed E-state index contributed by atoms with van der Waals surface area (Å²) in [4.78, 5) is 26.2. The molecule has 2 unspecified atom stereocenters. The predicted molar refractivity (Wildman–Crippen MR) is 85.0 cm³/mol. The van der Waals surface area contributed by atoms with Crippen molar-refractivity contribution in [1.29, 1.82) is 0 Å². The molecule has 0 saturated carbocycles. The maximum Gasteiger partial charge on any atom is 0.243 e. The molecule has 0 radical (unpaired) electrons. The number of nitrogens with two attached hydrogens (primary N) is 2. The molecule has 2 atom stereocenters. The summed E-state index contributed by atoms with van der Waals surface area (Å²) in [6.45, 7) is -0.671. The fraction of sp³-hybridized carbons (Fsp3) is 0.462. The van der Waals surface area contributed by atoms with E-state index in [0.29, 0.717) is 5.56 Å². The van der Waals surface area contributed by atoms with Crippen LogP contribution in [0.25, 0.3) is 0 Å². The molecule has 1 aromatic carbocycles. The summed E-state index contributed by atoms with van der Waals surface area (Å²) in [7, 11) is 1.43. The van der Waals surface area contributed by atoms with Crippen molar-refractivity contribution >= 4 is 6.34 Å². The van der Waals surface area contributed by atoms with Gasteiger partial charge in [-0.05, 0) is 5.56 Å². The number of nitro groups is 2. The Balaban J connectivity index is 3.16. The lowest BCUT2D eigenvalue weighted by atomic mass is 9.99. The largest absolute Gasteiger partial charge is 0.319 e. The lowest BCUT2D eigenvalue weighted by Gasteiger charge is -2.31. The van der Waals surface area contributed by atoms with Gasteiger partial charge in [-0.15, -0.1) is 0 Å². The topological polar surface area (TPSA) is 154 Å². The van der Waals surface area contributed by atoms with Crippen LogP contribution in [0.2, 0.25) is 0 Å². The Labute approximate surface area is 133 Å². The molecule has 1 aromatic rings. The predicted octanol–water partition coefficient (Wildman–Crippen LogP) is -0.319. The molecule has 0 spiro atoms. The van der Waals surface area contributed by atoms with Gasteiger partial charge in [0.2, 0.25) is 12.6 Å². The molecule has 0 fully saturated rings. The SMILES string of the molecule is CN=CN(C(N)N)C(C[N+](=O)[O-])C(Cc1ccccc1)[N+](=O)[O-]. The molecular weight excluding hydrogens is 304 g/mol. The highest BCUT2D eigenvalue weighted by molar-refractivity contribution is 5.55. The molecule has 0 aliphatic carbocycles. The first-order valence-electron chi connectivity index (χ1n) is 6.87. The Morgan fingerprint density at radius 3 is 2.30 bits per heavy atom. The van der Waals surface area contributed by atoms with Gasteiger partial charge in [-0.2, -0.15) is 0 Å². The summed E-state index contributed by atoms with van der Waals surface area (Å²) in [5, 5.41) is 22.4. The van der Waals surface area contributed by atoms with Gasteiger partial charge in [0.25, 0.3) is 0 Å². The van der Waals surface area contributed by atoms with Crippen LogP contribution in [-0.4, -0.2) is 53.1 Å². The Morgan fingerprint density at radius 2 is 1.87 bits per heavy atom. The van der Waals surface area contributed by atoms with E-state index in [2.05, 4.69) is 4.99 Å². The van der Waals surface area contributed by atoms with Crippen molar-refractivity contribution in [3.63, 3.8) is 0 Å². The highest BCUT2D eigenvalue weighted by Crippen LogP contribution is 2.14. The fourth-order valence-corrected chi connectivity index (χ4v) is 2.29. The zero-order chi connectivity index (χ0) is 17.4. The van der Waals surface area contributed by atoms with Gasteiger partial charge < -0.3 is 4.90 Å². The van der Waals surface area contributed by atoms with E-state index in [1.54, 1.807) is 30.3 Å². The quantitative estimate of drug-likeness (QED) is 0.207. The number of nitrogens with zero attached hydrogens (tertiary/aromatic N) is 4. The first-order chi connectivity index (χ1) is 10.9. The van der Waals surface area contributed by atoms with Gasteiger partial charge in [-0.3, -0.25) is 36.7 Å². The number of hydrogen-bond donors (Lipinski definition) is 2. The van der Waals surface area contributed by atoms with Crippen molar-refractivity contribution in [2.45, 2.75) is 24.8 Å². The van der Waals surface area contributed by atoms with Gasteiger partial charge in [0.15, 0.2) is 6.04 Å². The number of rotatable bonds is 9. The van der Waals surface area contributed by atoms with Gasteiger partial charge >= 0.3 is 0 Å². The molecular formula is C13H20N6O4. The van der Waals surface area contributed by atoms with Crippen molar-refractivity contribution in [2.24, 2.45) is 16.5 Å². The molecule has 0 bridgehead atoms. The van der Waals surface area contributed by atoms with E-state index in [0.717, 1.165) is 4.90 Å². The molecule has 0 aromatic heterocycles. The van der Waals surface area contributed by atoms with E-state index in [1.165, 1.54) is 13.4 Å². The van der Waals surface area contributed by atoms with Gasteiger partial charge in [0.05, 0.1) is 6.34 Å². The van der Waals surface area contributed by atoms with Crippen molar-refractivity contribution in [3.05, 3.63) is 56.1 Å². The van der Waals surface area contributed by atoms with Crippen LogP contribution in [0.1, 0.15) is 5.56 Å². The first-order valence-corrected chi connectivity index (χ1v) is 6.87. The Bertz CT molecular complexity index is 551. The third kappa shape index (κ3) is 5.60. The van der Waals surface area contributed by atoms with Gasteiger partial charge in [-0.1, -0.05) is 30.3 Å². The second-order valence-electron chi connectivity index (χ2n) is 4.94. The fourth-order valence-electron chi connectivity index (χ4n) is 2.29. The third-order valence-electron chi connectivity index (χ3n) is 3.31. The summed E-state index contributed by atoms with van der Waals surface area (Å²) in [5.74, 6) is 0. The zero-order valence-electron chi connectivity index (χ0n) is 12.7. The highest BCUT2D eigenvalue weighted by Gasteiger charge is 2.40. The summed E-state index contributed by atoms with van der Waals surface area (Å²) >= 11 is 0. The van der Waals surface area contributed by atoms with Crippen LogP contribution >= 0.6 is 0 Å². The van der Waals surface area contributed by atoms with E-state index in [-0.39, 0.29) is 6.42 Å². The highest BCUT2D eigenvalue weighted by atomic mass is 16.6. The maximum atomic E-state index is 11.5. The second kappa shape index (κ2) is 8.76. The van der Waals surface area contributed by atoms with Crippen LogP contribution < -0.4 is 11.5 Å². The van der Waals surface area contributed by atoms with Gasteiger partial charge in [0.1, 0.15) is 6.29 Å². The van der Waals surface area contributed by atoms with Crippen LogP contribution in [0.3, 0.4) is 0 Å². The van der Waals surface area contributed by atoms with Crippen molar-refractivity contribution in [3.8, 4) is 0 Å². The zero-order valence-corrected chi connectivity index (χ0v) is 12.7. The molecule has 0 saturated heterocycles.